The molecule has 0 bridgehead atoms. The highest BCUT2D eigenvalue weighted by molar-refractivity contribution is 6.31. The summed E-state index contributed by atoms with van der Waals surface area (Å²) in [7, 11) is 0. The number of amides is 2. The zero-order valence-electron chi connectivity index (χ0n) is 15.0. The number of nitrogens with one attached hydrogen (secondary N) is 2. The Labute approximate surface area is 153 Å². The van der Waals surface area contributed by atoms with Crippen LogP contribution in [0.15, 0.2) is 18.2 Å². The number of anilines is 1. The van der Waals surface area contributed by atoms with E-state index >= 15 is 0 Å². The van der Waals surface area contributed by atoms with E-state index in [1.165, 1.54) is 0 Å². The van der Waals surface area contributed by atoms with Gasteiger partial charge in [-0.1, -0.05) is 17.7 Å². The molecule has 0 aromatic heterocycles. The maximum atomic E-state index is 12.6. The summed E-state index contributed by atoms with van der Waals surface area (Å²) in [5.74, 6) is -0.653. The Morgan fingerprint density at radius 2 is 1.92 bits per heavy atom. The second kappa shape index (κ2) is 8.65. The van der Waals surface area contributed by atoms with Gasteiger partial charge in [-0.2, -0.15) is 0 Å². The number of ether oxygens (including phenoxy) is 1. The molecule has 2 amide bonds. The van der Waals surface area contributed by atoms with Crippen molar-refractivity contribution >= 4 is 29.1 Å². The van der Waals surface area contributed by atoms with Crippen LogP contribution in [0.5, 0.6) is 0 Å². The summed E-state index contributed by atoms with van der Waals surface area (Å²) < 4.78 is 5.30. The molecule has 0 radical (unpaired) electrons. The van der Waals surface area contributed by atoms with E-state index in [4.69, 9.17) is 16.3 Å². The molecule has 1 fully saturated rings. The molecule has 0 saturated carbocycles. The van der Waals surface area contributed by atoms with Crippen molar-refractivity contribution in [2.75, 3.05) is 44.7 Å². The van der Waals surface area contributed by atoms with Crippen LogP contribution >= 0.6 is 11.6 Å². The van der Waals surface area contributed by atoms with E-state index in [1.807, 2.05) is 6.92 Å². The molecule has 6 nitrogen and oxygen atoms in total. The van der Waals surface area contributed by atoms with Gasteiger partial charge in [0, 0.05) is 36.9 Å². The summed E-state index contributed by atoms with van der Waals surface area (Å²) in [5.41, 5.74) is 0.215. The Bertz CT molecular complexity index is 628. The molecule has 7 heteroatoms. The van der Waals surface area contributed by atoms with Crippen LogP contribution in [0.4, 0.5) is 5.69 Å². The number of halogens is 1. The maximum Gasteiger partial charge on any atom is 0.239 e. The topological polar surface area (TPSA) is 70.7 Å². The molecule has 2 rings (SSSR count). The fourth-order valence-electron chi connectivity index (χ4n) is 2.50. The van der Waals surface area contributed by atoms with E-state index in [2.05, 4.69) is 15.5 Å². The number of rotatable bonds is 6. The first kappa shape index (κ1) is 19.7. The Kier molecular flexibility index (Phi) is 6.81. The van der Waals surface area contributed by atoms with Crippen LogP contribution in [-0.2, 0) is 14.3 Å². The maximum absolute atomic E-state index is 12.6. The zero-order valence-corrected chi connectivity index (χ0v) is 15.8. The first-order valence-corrected chi connectivity index (χ1v) is 8.85. The molecule has 1 heterocycles. The van der Waals surface area contributed by atoms with Crippen molar-refractivity contribution in [2.45, 2.75) is 20.8 Å². The van der Waals surface area contributed by atoms with Gasteiger partial charge in [0.05, 0.1) is 13.2 Å². The number of benzene rings is 1. The molecule has 138 valence electrons. The van der Waals surface area contributed by atoms with Crippen molar-refractivity contribution in [3.63, 3.8) is 0 Å². The van der Waals surface area contributed by atoms with Crippen LogP contribution in [-0.4, -0.2) is 56.1 Å². The Morgan fingerprint density at radius 3 is 2.60 bits per heavy atom. The van der Waals surface area contributed by atoms with E-state index in [9.17, 15) is 9.59 Å². The quantitative estimate of drug-likeness (QED) is 0.755. The molecule has 1 saturated heterocycles. The minimum Gasteiger partial charge on any atom is -0.379 e. The molecule has 0 aliphatic carbocycles. The van der Waals surface area contributed by atoms with Gasteiger partial charge in [0.2, 0.25) is 11.8 Å². The summed E-state index contributed by atoms with van der Waals surface area (Å²) >= 11 is 6.07. The number of nitrogens with zero attached hydrogens (tertiary/aromatic N) is 1. The number of hydrogen-bond acceptors (Lipinski definition) is 4. The van der Waals surface area contributed by atoms with E-state index in [-0.39, 0.29) is 11.8 Å². The summed E-state index contributed by atoms with van der Waals surface area (Å²) in [6, 6.07) is 5.29. The van der Waals surface area contributed by atoms with Crippen LogP contribution in [0, 0.1) is 12.3 Å². The third-order valence-corrected chi connectivity index (χ3v) is 4.88. The van der Waals surface area contributed by atoms with Crippen molar-refractivity contribution in [2.24, 2.45) is 5.41 Å². The molecular formula is C18H26ClN3O3. The van der Waals surface area contributed by atoms with Gasteiger partial charge in [0.1, 0.15) is 5.41 Å². The lowest BCUT2D eigenvalue weighted by Gasteiger charge is -2.28. The summed E-state index contributed by atoms with van der Waals surface area (Å²) in [5, 5.41) is 6.23. The van der Waals surface area contributed by atoms with Gasteiger partial charge in [-0.15, -0.1) is 0 Å². The van der Waals surface area contributed by atoms with Crippen molar-refractivity contribution in [3.05, 3.63) is 28.8 Å². The van der Waals surface area contributed by atoms with E-state index in [0.717, 1.165) is 38.4 Å². The first-order chi connectivity index (χ1) is 11.8. The van der Waals surface area contributed by atoms with Gasteiger partial charge in [-0.05, 0) is 38.5 Å². The van der Waals surface area contributed by atoms with Crippen LogP contribution in [0.3, 0.4) is 0 Å². The third kappa shape index (κ3) is 5.17. The van der Waals surface area contributed by atoms with Crippen molar-refractivity contribution in [1.82, 2.24) is 10.2 Å². The van der Waals surface area contributed by atoms with Gasteiger partial charge in [-0.3, -0.25) is 14.5 Å². The molecule has 0 spiro atoms. The van der Waals surface area contributed by atoms with Gasteiger partial charge in [0.25, 0.3) is 0 Å². The predicted octanol–water partition coefficient (Wildman–Crippen LogP) is 2.06. The second-order valence-electron chi connectivity index (χ2n) is 6.70. The molecule has 25 heavy (non-hydrogen) atoms. The van der Waals surface area contributed by atoms with Crippen molar-refractivity contribution in [3.8, 4) is 0 Å². The van der Waals surface area contributed by atoms with Crippen LogP contribution in [0.2, 0.25) is 5.02 Å². The van der Waals surface area contributed by atoms with Crippen molar-refractivity contribution in [1.29, 1.82) is 0 Å². The third-order valence-electron chi connectivity index (χ3n) is 4.47. The standard InChI is InChI=1S/C18H26ClN3O3/c1-13-14(19)5-4-6-15(13)21-17(24)18(2,3)16(23)20-7-8-22-9-11-25-12-10-22/h4-6H,7-12H2,1-3H3,(H,20,23)(H,21,24). The molecule has 0 atom stereocenters. The molecule has 1 aromatic carbocycles. The van der Waals surface area contributed by atoms with Gasteiger partial charge < -0.3 is 15.4 Å². The highest BCUT2D eigenvalue weighted by Gasteiger charge is 2.36. The molecule has 1 aliphatic heterocycles. The van der Waals surface area contributed by atoms with E-state index in [0.29, 0.717) is 17.3 Å². The second-order valence-corrected chi connectivity index (χ2v) is 7.11. The lowest BCUT2D eigenvalue weighted by Crippen LogP contribution is -2.48. The summed E-state index contributed by atoms with van der Waals surface area (Å²) in [6.07, 6.45) is 0. The predicted molar refractivity (Wildman–Crippen MR) is 98.9 cm³/mol. The highest BCUT2D eigenvalue weighted by Crippen LogP contribution is 2.25. The van der Waals surface area contributed by atoms with E-state index < -0.39 is 5.41 Å². The minimum atomic E-state index is -1.18. The van der Waals surface area contributed by atoms with Crippen LogP contribution in [0.1, 0.15) is 19.4 Å². The van der Waals surface area contributed by atoms with Crippen LogP contribution < -0.4 is 10.6 Å². The Hall–Kier alpha value is -1.63. The normalized spacial score (nSPS) is 15.7. The molecule has 1 aliphatic rings. The average molecular weight is 368 g/mol. The van der Waals surface area contributed by atoms with Gasteiger partial charge in [0.15, 0.2) is 0 Å². The first-order valence-electron chi connectivity index (χ1n) is 8.47. The van der Waals surface area contributed by atoms with Gasteiger partial charge in [-0.25, -0.2) is 0 Å². The largest absolute Gasteiger partial charge is 0.379 e. The minimum absolute atomic E-state index is 0.294. The van der Waals surface area contributed by atoms with Gasteiger partial charge >= 0.3 is 0 Å². The van der Waals surface area contributed by atoms with Crippen molar-refractivity contribution < 1.29 is 14.3 Å². The van der Waals surface area contributed by atoms with E-state index in [1.54, 1.807) is 32.0 Å². The smallest absolute Gasteiger partial charge is 0.239 e. The Balaban J connectivity index is 1.88. The summed E-state index contributed by atoms with van der Waals surface area (Å²) in [6.45, 7) is 9.50. The zero-order chi connectivity index (χ0) is 18.4. The number of morpholine rings is 1. The average Bonchev–Trinajstić information content (AvgIpc) is 2.59. The molecule has 2 N–H and O–H groups in total. The summed E-state index contributed by atoms with van der Waals surface area (Å²) in [4.78, 5) is 27.2. The number of hydrogen-bond donors (Lipinski definition) is 2. The lowest BCUT2D eigenvalue weighted by molar-refractivity contribution is -0.138. The fraction of sp³-hybridized carbons (Fsp3) is 0.556. The molecular weight excluding hydrogens is 342 g/mol. The molecule has 0 unspecified atom stereocenters. The Morgan fingerprint density at radius 1 is 1.24 bits per heavy atom. The SMILES string of the molecule is Cc1c(Cl)cccc1NC(=O)C(C)(C)C(=O)NCCN1CCOCC1. The highest BCUT2D eigenvalue weighted by atomic mass is 35.5. The van der Waals surface area contributed by atoms with Crippen LogP contribution in [0.25, 0.3) is 0 Å². The monoisotopic (exact) mass is 367 g/mol. The molecule has 1 aromatic rings. The number of carbonyl (C=O) groups is 2. The number of carbonyl (C=O) groups excluding carboxylic acids is 2. The fourth-order valence-corrected chi connectivity index (χ4v) is 2.67. The lowest BCUT2D eigenvalue weighted by atomic mass is 9.90.